The molecule has 2 aliphatic carbocycles. The molecule has 0 saturated carbocycles. The molecule has 4 heteroatoms. The molecular weight excluding hydrogens is 675 g/mol. The lowest BCUT2D eigenvalue weighted by molar-refractivity contribution is 0.719. The molecule has 0 amide bonds. The van der Waals surface area contributed by atoms with E-state index in [2.05, 4.69) is 152 Å². The fourth-order valence-corrected chi connectivity index (χ4v) is 10.2. The molecule has 0 N–H and O–H groups in total. The molecule has 0 saturated heterocycles. The van der Waals surface area contributed by atoms with Gasteiger partial charge >= 0.3 is 0 Å². The Kier molecular flexibility index (Phi) is 7.14. The lowest BCUT2D eigenvalue weighted by Crippen LogP contribution is -2.32. The molecule has 0 unspecified atom stereocenters. The van der Waals surface area contributed by atoms with Crippen molar-refractivity contribution in [1.82, 2.24) is 15.0 Å². The van der Waals surface area contributed by atoms with E-state index in [1.807, 2.05) is 36.0 Å². The van der Waals surface area contributed by atoms with Crippen molar-refractivity contribution >= 4 is 23.4 Å². The van der Waals surface area contributed by atoms with E-state index in [0.29, 0.717) is 11.6 Å². The van der Waals surface area contributed by atoms with Gasteiger partial charge in [0.05, 0.1) is 5.41 Å². The van der Waals surface area contributed by atoms with Crippen LogP contribution in [0.5, 0.6) is 0 Å². The van der Waals surface area contributed by atoms with Crippen molar-refractivity contribution in [2.75, 3.05) is 0 Å². The van der Waals surface area contributed by atoms with Crippen molar-refractivity contribution in [2.24, 2.45) is 0 Å². The van der Waals surface area contributed by atoms with Crippen molar-refractivity contribution < 1.29 is 0 Å². The fourth-order valence-electron chi connectivity index (χ4n) is 8.86. The molecule has 1 aromatic heterocycles. The molecule has 11 rings (SSSR count). The number of nitrogens with zero attached hydrogens (tertiary/aromatic N) is 3. The normalized spacial score (nSPS) is 14.3. The average Bonchev–Trinajstić information content (AvgIpc) is 3.54. The molecule has 1 aliphatic heterocycles. The van der Waals surface area contributed by atoms with E-state index in [1.54, 1.807) is 0 Å². The molecule has 3 nitrogen and oxygen atoms in total. The monoisotopic (exact) mass is 707 g/mol. The van der Waals surface area contributed by atoms with E-state index in [9.17, 15) is 0 Å². The van der Waals surface area contributed by atoms with Gasteiger partial charge < -0.3 is 0 Å². The third-order valence-electron chi connectivity index (χ3n) is 11.3. The van der Waals surface area contributed by atoms with E-state index >= 15 is 0 Å². The van der Waals surface area contributed by atoms with Gasteiger partial charge in [-0.25, -0.2) is 15.0 Å². The van der Waals surface area contributed by atoms with E-state index < -0.39 is 5.41 Å². The van der Waals surface area contributed by atoms with Crippen LogP contribution in [0.4, 0.5) is 0 Å². The Bertz CT molecular complexity index is 2740. The number of aryl methyl sites for hydroxylation is 1. The maximum absolute atomic E-state index is 5.21. The number of benzene rings is 7. The molecule has 3 aliphatic rings. The van der Waals surface area contributed by atoms with Gasteiger partial charge in [-0.15, -0.1) is 0 Å². The lowest BCUT2D eigenvalue weighted by atomic mass is 9.66. The molecule has 2 heterocycles. The first-order valence-corrected chi connectivity index (χ1v) is 19.4. The first-order chi connectivity index (χ1) is 26.8. The average molecular weight is 708 g/mol. The highest BCUT2D eigenvalue weighted by Crippen LogP contribution is 2.63. The van der Waals surface area contributed by atoms with Gasteiger partial charge in [0, 0.05) is 20.9 Å². The summed E-state index contributed by atoms with van der Waals surface area (Å²) in [5.74, 6) is 2.11. The Morgan fingerprint density at radius 1 is 0.407 bits per heavy atom. The molecule has 0 bridgehead atoms. The topological polar surface area (TPSA) is 38.7 Å². The zero-order chi connectivity index (χ0) is 35.6. The quantitative estimate of drug-likeness (QED) is 0.183. The van der Waals surface area contributed by atoms with Gasteiger partial charge in [0.2, 0.25) is 0 Å². The van der Waals surface area contributed by atoms with Crippen LogP contribution in [0.3, 0.4) is 0 Å². The van der Waals surface area contributed by atoms with Crippen molar-refractivity contribution in [3.63, 3.8) is 0 Å². The molecule has 254 valence electrons. The summed E-state index contributed by atoms with van der Waals surface area (Å²) in [6, 6.07) is 61.1. The van der Waals surface area contributed by atoms with Gasteiger partial charge in [0.1, 0.15) is 0 Å². The largest absolute Gasteiger partial charge is 0.209 e. The molecule has 0 fully saturated rings. The minimum atomic E-state index is -0.405. The highest BCUT2D eigenvalue weighted by Gasteiger charge is 2.50. The second-order valence-electron chi connectivity index (χ2n) is 14.2. The van der Waals surface area contributed by atoms with Gasteiger partial charge in [-0.05, 0) is 86.2 Å². The van der Waals surface area contributed by atoms with Crippen molar-refractivity contribution in [3.8, 4) is 45.0 Å². The molecular formula is C50H33N3S. The maximum atomic E-state index is 5.21. The number of allylic oxidation sites excluding steroid dienone is 1. The third-order valence-corrected chi connectivity index (χ3v) is 12.6. The van der Waals surface area contributed by atoms with Gasteiger partial charge in [-0.2, -0.15) is 0 Å². The summed E-state index contributed by atoms with van der Waals surface area (Å²) < 4.78 is 0. The maximum Gasteiger partial charge on any atom is 0.164 e. The molecule has 0 atom stereocenters. The zero-order valence-electron chi connectivity index (χ0n) is 29.4. The summed E-state index contributed by atoms with van der Waals surface area (Å²) in [5, 5.41) is 0. The predicted molar refractivity (Wildman–Crippen MR) is 220 cm³/mol. The number of hydrogen-bond acceptors (Lipinski definition) is 4. The van der Waals surface area contributed by atoms with Crippen molar-refractivity contribution in [2.45, 2.75) is 28.0 Å². The summed E-state index contributed by atoms with van der Waals surface area (Å²) in [6.07, 6.45) is 4.16. The Balaban J connectivity index is 1.09. The van der Waals surface area contributed by atoms with Crippen LogP contribution >= 0.6 is 11.8 Å². The number of rotatable bonds is 4. The van der Waals surface area contributed by atoms with Crippen LogP contribution in [0.2, 0.25) is 0 Å². The summed E-state index contributed by atoms with van der Waals surface area (Å²) in [4.78, 5) is 18.1. The highest BCUT2D eigenvalue weighted by molar-refractivity contribution is 7.99. The van der Waals surface area contributed by atoms with Crippen LogP contribution in [-0.2, 0) is 11.8 Å². The summed E-state index contributed by atoms with van der Waals surface area (Å²) in [6.45, 7) is 0. The number of fused-ring (bicyclic) bond motifs is 11. The minimum absolute atomic E-state index is 0.405. The minimum Gasteiger partial charge on any atom is -0.209 e. The predicted octanol–water partition coefficient (Wildman–Crippen LogP) is 12.2. The van der Waals surface area contributed by atoms with Crippen molar-refractivity contribution in [3.05, 3.63) is 209 Å². The number of hydrogen-bond donors (Lipinski definition) is 0. The first kappa shape index (κ1) is 31.2. The Hall–Kier alpha value is -6.36. The second-order valence-corrected chi connectivity index (χ2v) is 15.3. The van der Waals surface area contributed by atoms with Crippen LogP contribution in [0.15, 0.2) is 180 Å². The van der Waals surface area contributed by atoms with E-state index in [0.717, 1.165) is 40.9 Å². The second kappa shape index (κ2) is 12.4. The van der Waals surface area contributed by atoms with E-state index in [4.69, 9.17) is 15.0 Å². The Morgan fingerprint density at radius 2 is 0.926 bits per heavy atom. The lowest BCUT2D eigenvalue weighted by Gasteiger charge is -2.41. The summed E-state index contributed by atoms with van der Waals surface area (Å²) in [7, 11) is 0. The van der Waals surface area contributed by atoms with E-state index in [1.165, 1.54) is 59.9 Å². The Morgan fingerprint density at radius 3 is 1.61 bits per heavy atom. The van der Waals surface area contributed by atoms with Crippen LogP contribution in [0.25, 0.3) is 56.7 Å². The van der Waals surface area contributed by atoms with Crippen LogP contribution in [0.1, 0.15) is 45.6 Å². The number of aromatic nitrogens is 3. The highest BCUT2D eigenvalue weighted by atomic mass is 32.2. The van der Waals surface area contributed by atoms with Crippen LogP contribution in [-0.4, -0.2) is 15.0 Å². The van der Waals surface area contributed by atoms with Crippen molar-refractivity contribution in [1.29, 1.82) is 0 Å². The standard InChI is InChI=1S/C50H33N3S/c1-3-13-32(14-4-1)33-23-26-36(27-24-33)48-51-47(35-15-5-2-6-16-35)52-49(53-48)37-28-25-34-29-30-44-46(40(34)31-37)54-45-22-12-11-21-43(45)50(44)41-19-9-7-17-38(41)39-18-8-10-20-42(39)50/h1-24,26-27,29-31H,25,28H2. The fraction of sp³-hybridized carbons (Fsp3) is 0.0600. The molecule has 1 spiro atoms. The molecule has 8 aromatic rings. The van der Waals surface area contributed by atoms with E-state index in [-0.39, 0.29) is 0 Å². The van der Waals surface area contributed by atoms with Gasteiger partial charge in [-0.3, -0.25) is 0 Å². The summed E-state index contributed by atoms with van der Waals surface area (Å²) in [5.41, 5.74) is 15.7. The Labute approximate surface area is 319 Å². The molecule has 0 radical (unpaired) electrons. The van der Waals surface area contributed by atoms with Gasteiger partial charge in [0.25, 0.3) is 0 Å². The third kappa shape index (κ3) is 4.73. The summed E-state index contributed by atoms with van der Waals surface area (Å²) >= 11 is 1.91. The van der Waals surface area contributed by atoms with Gasteiger partial charge in [0.15, 0.2) is 17.5 Å². The zero-order valence-corrected chi connectivity index (χ0v) is 30.2. The molecule has 54 heavy (non-hydrogen) atoms. The van der Waals surface area contributed by atoms with Crippen LogP contribution < -0.4 is 0 Å². The smallest absolute Gasteiger partial charge is 0.164 e. The SMILES string of the molecule is C1=C(c2nc(-c3ccccc3)nc(-c3ccc(-c4ccccc4)cc3)n2)CCc2ccc3c(c21)Sc1ccccc1C31c2ccccc2-c2ccccc21. The first-order valence-electron chi connectivity index (χ1n) is 18.6. The molecule has 7 aromatic carbocycles. The van der Waals surface area contributed by atoms with Gasteiger partial charge in [-0.1, -0.05) is 176 Å². The van der Waals surface area contributed by atoms with Crippen LogP contribution in [0, 0.1) is 0 Å².